The van der Waals surface area contributed by atoms with Gasteiger partial charge in [-0.1, -0.05) is 12.1 Å². The van der Waals surface area contributed by atoms with Gasteiger partial charge < -0.3 is 5.32 Å². The van der Waals surface area contributed by atoms with Crippen molar-refractivity contribution in [3.63, 3.8) is 0 Å². The van der Waals surface area contributed by atoms with Crippen molar-refractivity contribution in [2.75, 3.05) is 11.9 Å². The molecule has 0 aliphatic rings. The lowest BCUT2D eigenvalue weighted by molar-refractivity contribution is -0.146. The molecule has 0 atom stereocenters. The number of halogens is 3. The van der Waals surface area contributed by atoms with Gasteiger partial charge in [-0.05, 0) is 38.0 Å². The van der Waals surface area contributed by atoms with Gasteiger partial charge in [0.05, 0.1) is 15.2 Å². The molecule has 0 unspecified atom stereocenters. The number of aromatic nitrogens is 5. The van der Waals surface area contributed by atoms with Crippen LogP contribution in [0.2, 0.25) is 0 Å². The Morgan fingerprint density at radius 1 is 1.11 bits per heavy atom. The summed E-state index contributed by atoms with van der Waals surface area (Å²) in [5.74, 6) is -0.720. The highest BCUT2D eigenvalue weighted by Gasteiger charge is 2.38. The summed E-state index contributed by atoms with van der Waals surface area (Å²) in [4.78, 5) is 4.59. The molecule has 6 nitrogen and oxygen atoms in total. The van der Waals surface area contributed by atoms with Crippen LogP contribution in [0, 0.1) is 13.8 Å². The number of nitrogens with one attached hydrogen (secondary N) is 1. The van der Waals surface area contributed by atoms with Crippen molar-refractivity contribution in [1.82, 2.24) is 24.8 Å². The van der Waals surface area contributed by atoms with Gasteiger partial charge in [-0.2, -0.15) is 17.7 Å². The molecule has 0 amide bonds. The first-order chi connectivity index (χ1) is 13.3. The van der Waals surface area contributed by atoms with E-state index in [2.05, 4.69) is 25.6 Å². The van der Waals surface area contributed by atoms with Crippen molar-refractivity contribution >= 4 is 33.0 Å². The molecule has 1 N–H and O–H groups in total. The number of benzene rings is 1. The summed E-state index contributed by atoms with van der Waals surface area (Å²) in [6, 6.07) is 7.97. The van der Waals surface area contributed by atoms with Gasteiger partial charge in [0, 0.05) is 18.5 Å². The standard InChI is InChI=1S/C18H17F3N6S/c1-10-11(2)16-24-25-17(18(19,20)21)27(16)26-15(10)22-9-5-8-14-23-12-6-3-4-7-13(12)28-14/h3-4,6-7H,5,8-9H2,1-2H3,(H,22,26). The van der Waals surface area contributed by atoms with Crippen molar-refractivity contribution < 1.29 is 13.2 Å². The number of nitrogens with zero attached hydrogens (tertiary/aromatic N) is 5. The van der Waals surface area contributed by atoms with Crippen LogP contribution < -0.4 is 5.32 Å². The Labute approximate surface area is 162 Å². The third-order valence-corrected chi connectivity index (χ3v) is 5.64. The second-order valence-corrected chi connectivity index (χ2v) is 7.58. The molecule has 0 aliphatic carbocycles. The number of fused-ring (bicyclic) bond motifs is 2. The maximum atomic E-state index is 13.1. The molecule has 10 heteroatoms. The Morgan fingerprint density at radius 3 is 2.64 bits per heavy atom. The molecule has 146 valence electrons. The maximum absolute atomic E-state index is 13.1. The fourth-order valence-electron chi connectivity index (χ4n) is 2.95. The molecule has 0 aliphatic heterocycles. The number of rotatable bonds is 5. The second-order valence-electron chi connectivity index (χ2n) is 6.46. The maximum Gasteiger partial charge on any atom is 0.453 e. The zero-order valence-electron chi connectivity index (χ0n) is 15.2. The summed E-state index contributed by atoms with van der Waals surface area (Å²) in [5.41, 5.74) is 2.48. The van der Waals surface area contributed by atoms with E-state index in [-0.39, 0.29) is 5.65 Å². The van der Waals surface area contributed by atoms with E-state index < -0.39 is 12.0 Å². The minimum absolute atomic E-state index is 0.116. The predicted molar refractivity (Wildman–Crippen MR) is 102 cm³/mol. The fraction of sp³-hybridized carbons (Fsp3) is 0.333. The lowest BCUT2D eigenvalue weighted by Gasteiger charge is -2.12. The van der Waals surface area contributed by atoms with E-state index in [9.17, 15) is 13.2 Å². The molecule has 28 heavy (non-hydrogen) atoms. The number of aryl methyl sites for hydroxylation is 2. The van der Waals surface area contributed by atoms with Crippen molar-refractivity contribution in [2.45, 2.75) is 32.9 Å². The first kappa shape index (κ1) is 18.6. The first-order valence-electron chi connectivity index (χ1n) is 8.72. The van der Waals surface area contributed by atoms with Gasteiger partial charge in [-0.25, -0.2) is 4.98 Å². The molecule has 0 fully saturated rings. The number of thiazole rings is 1. The molecule has 0 bridgehead atoms. The normalized spacial score (nSPS) is 12.2. The highest BCUT2D eigenvalue weighted by atomic mass is 32.1. The van der Waals surface area contributed by atoms with E-state index in [1.807, 2.05) is 24.3 Å². The molecule has 0 spiro atoms. The van der Waals surface area contributed by atoms with Crippen LogP contribution in [0.15, 0.2) is 24.3 Å². The van der Waals surface area contributed by atoms with E-state index >= 15 is 0 Å². The molecular formula is C18H17F3N6S. The molecular weight excluding hydrogens is 389 g/mol. The third kappa shape index (κ3) is 3.39. The quantitative estimate of drug-likeness (QED) is 0.497. The van der Waals surface area contributed by atoms with Crippen LogP contribution in [0.4, 0.5) is 19.0 Å². The highest BCUT2D eigenvalue weighted by Crippen LogP contribution is 2.29. The van der Waals surface area contributed by atoms with Crippen LogP contribution in [0.5, 0.6) is 0 Å². The summed E-state index contributed by atoms with van der Waals surface area (Å²) in [5, 5.41) is 15.2. The van der Waals surface area contributed by atoms with Crippen molar-refractivity contribution in [3.8, 4) is 0 Å². The molecule has 3 aromatic heterocycles. The van der Waals surface area contributed by atoms with Gasteiger partial charge in [-0.15, -0.1) is 26.6 Å². The number of anilines is 1. The van der Waals surface area contributed by atoms with E-state index in [0.29, 0.717) is 17.9 Å². The third-order valence-electron chi connectivity index (χ3n) is 4.55. The Kier molecular flexibility index (Phi) is 4.66. The molecule has 3 heterocycles. The molecule has 0 radical (unpaired) electrons. The summed E-state index contributed by atoms with van der Waals surface area (Å²) >= 11 is 1.66. The largest absolute Gasteiger partial charge is 0.453 e. The highest BCUT2D eigenvalue weighted by molar-refractivity contribution is 7.18. The van der Waals surface area contributed by atoms with E-state index in [1.54, 1.807) is 25.2 Å². The summed E-state index contributed by atoms with van der Waals surface area (Å²) in [6.45, 7) is 4.09. The topological polar surface area (TPSA) is 68.0 Å². The Hall–Kier alpha value is -2.75. The van der Waals surface area contributed by atoms with Crippen molar-refractivity contribution in [2.24, 2.45) is 0 Å². The van der Waals surface area contributed by atoms with Gasteiger partial charge in [-0.3, -0.25) is 0 Å². The van der Waals surface area contributed by atoms with E-state index in [0.717, 1.165) is 38.1 Å². The Morgan fingerprint density at radius 2 is 1.89 bits per heavy atom. The van der Waals surface area contributed by atoms with Crippen LogP contribution in [-0.4, -0.2) is 31.3 Å². The van der Waals surface area contributed by atoms with Gasteiger partial charge in [0.1, 0.15) is 5.82 Å². The number of hydrogen-bond acceptors (Lipinski definition) is 6. The van der Waals surface area contributed by atoms with Gasteiger partial charge in [0.2, 0.25) is 0 Å². The molecule has 0 saturated heterocycles. The lowest BCUT2D eigenvalue weighted by Crippen LogP contribution is -2.15. The van der Waals surface area contributed by atoms with Crippen LogP contribution in [0.1, 0.15) is 28.4 Å². The monoisotopic (exact) mass is 406 g/mol. The first-order valence-corrected chi connectivity index (χ1v) is 9.54. The SMILES string of the molecule is Cc1c(NCCCc2nc3ccccc3s2)nn2c(C(F)(F)F)nnc2c1C. The average molecular weight is 406 g/mol. The molecule has 4 rings (SSSR count). The van der Waals surface area contributed by atoms with Gasteiger partial charge >= 0.3 is 6.18 Å². The van der Waals surface area contributed by atoms with Crippen molar-refractivity contribution in [3.05, 3.63) is 46.2 Å². The van der Waals surface area contributed by atoms with Crippen molar-refractivity contribution in [1.29, 1.82) is 0 Å². The van der Waals surface area contributed by atoms with Crippen LogP contribution >= 0.6 is 11.3 Å². The number of alkyl halides is 3. The fourth-order valence-corrected chi connectivity index (χ4v) is 3.96. The minimum Gasteiger partial charge on any atom is -0.368 e. The summed E-state index contributed by atoms with van der Waals surface area (Å²) in [7, 11) is 0. The summed E-state index contributed by atoms with van der Waals surface area (Å²) in [6.07, 6.45) is -3.04. The van der Waals surface area contributed by atoms with Crippen LogP contribution in [0.3, 0.4) is 0 Å². The van der Waals surface area contributed by atoms with Gasteiger partial charge in [0.25, 0.3) is 5.82 Å². The van der Waals surface area contributed by atoms with Crippen LogP contribution in [-0.2, 0) is 12.6 Å². The van der Waals surface area contributed by atoms with Crippen LogP contribution in [0.25, 0.3) is 15.9 Å². The van der Waals surface area contributed by atoms with E-state index in [1.165, 1.54) is 0 Å². The predicted octanol–water partition coefficient (Wildman–Crippen LogP) is 4.41. The lowest BCUT2D eigenvalue weighted by atomic mass is 10.2. The second kappa shape index (κ2) is 7.01. The molecule has 0 saturated carbocycles. The zero-order chi connectivity index (χ0) is 19.9. The number of hydrogen-bond donors (Lipinski definition) is 1. The zero-order valence-corrected chi connectivity index (χ0v) is 16.0. The Bertz CT molecular complexity index is 1110. The smallest absolute Gasteiger partial charge is 0.368 e. The Balaban J connectivity index is 1.49. The number of para-hydroxylation sites is 1. The molecule has 1 aromatic carbocycles. The minimum atomic E-state index is -4.61. The van der Waals surface area contributed by atoms with Gasteiger partial charge in [0.15, 0.2) is 5.65 Å². The molecule has 4 aromatic rings. The average Bonchev–Trinajstić information content (AvgIpc) is 3.25. The summed E-state index contributed by atoms with van der Waals surface area (Å²) < 4.78 is 41.2. The van der Waals surface area contributed by atoms with E-state index in [4.69, 9.17) is 0 Å².